The summed E-state index contributed by atoms with van der Waals surface area (Å²) in [6, 6.07) is 2.42. The van der Waals surface area contributed by atoms with Gasteiger partial charge in [0, 0.05) is 38.2 Å². The van der Waals surface area contributed by atoms with Crippen LogP contribution >= 0.6 is 11.3 Å². The van der Waals surface area contributed by atoms with Crippen molar-refractivity contribution in [3.63, 3.8) is 0 Å². The van der Waals surface area contributed by atoms with Crippen LogP contribution in [-0.4, -0.2) is 37.8 Å². The van der Waals surface area contributed by atoms with Gasteiger partial charge in [-0.25, -0.2) is 4.98 Å². The molecule has 1 unspecified atom stereocenters. The molecule has 3 aromatic rings. The molecule has 1 N–H and O–H groups in total. The van der Waals surface area contributed by atoms with Gasteiger partial charge >= 0.3 is 0 Å². The van der Waals surface area contributed by atoms with Crippen molar-refractivity contribution < 1.29 is 4.74 Å². The average molecular weight is 358 g/mol. The number of hydrogen-bond donors (Lipinski definition) is 1. The maximum absolute atomic E-state index is 5.45. The molecule has 3 aromatic heterocycles. The van der Waals surface area contributed by atoms with Gasteiger partial charge in [-0.05, 0) is 26.3 Å². The lowest BCUT2D eigenvalue weighted by Crippen LogP contribution is -2.08. The Morgan fingerprint density at radius 2 is 2.20 bits per heavy atom. The lowest BCUT2D eigenvalue weighted by atomic mass is 10.3. The van der Waals surface area contributed by atoms with E-state index in [-0.39, 0.29) is 0 Å². The Bertz CT molecular complexity index is 874. The molecular formula is C17H22N6OS. The smallest absolute Gasteiger partial charge is 0.183 e. The summed E-state index contributed by atoms with van der Waals surface area (Å²) in [4.78, 5) is 5.77. The second-order valence-electron chi connectivity index (χ2n) is 6.40. The number of anilines is 1. The number of nitrogens with zero attached hydrogens (tertiary/aromatic N) is 5. The first kappa shape index (κ1) is 16.3. The number of aromatic nitrogens is 5. The van der Waals surface area contributed by atoms with E-state index in [0.29, 0.717) is 6.04 Å². The SMILES string of the molecule is Cc1nn(C)cc1CNc1nc(C)c(-c2ccn(C3CCOC3)n2)s1. The van der Waals surface area contributed by atoms with E-state index in [0.717, 1.165) is 53.3 Å². The van der Waals surface area contributed by atoms with Crippen molar-refractivity contribution in [2.45, 2.75) is 32.9 Å². The van der Waals surface area contributed by atoms with Crippen molar-refractivity contribution >= 4 is 16.5 Å². The first-order valence-electron chi connectivity index (χ1n) is 8.44. The standard InChI is InChI=1S/C17H22N6OS/c1-11-13(9-22(3)20-11)8-18-17-19-12(2)16(25-17)15-4-6-23(21-15)14-5-7-24-10-14/h4,6,9,14H,5,7-8,10H2,1-3H3,(H,18,19). The molecule has 0 aliphatic carbocycles. The molecule has 0 amide bonds. The molecule has 4 rings (SSSR count). The highest BCUT2D eigenvalue weighted by Gasteiger charge is 2.20. The van der Waals surface area contributed by atoms with Gasteiger partial charge in [0.25, 0.3) is 0 Å². The number of thiazole rings is 1. The quantitative estimate of drug-likeness (QED) is 0.759. The van der Waals surface area contributed by atoms with Gasteiger partial charge < -0.3 is 10.1 Å². The normalized spacial score (nSPS) is 17.3. The van der Waals surface area contributed by atoms with Crippen LogP contribution in [-0.2, 0) is 18.3 Å². The molecule has 25 heavy (non-hydrogen) atoms. The van der Waals surface area contributed by atoms with Crippen LogP contribution in [0.15, 0.2) is 18.5 Å². The Kier molecular flexibility index (Phi) is 4.30. The maximum Gasteiger partial charge on any atom is 0.183 e. The second-order valence-corrected chi connectivity index (χ2v) is 7.40. The van der Waals surface area contributed by atoms with Crippen LogP contribution in [0.1, 0.15) is 29.4 Å². The Morgan fingerprint density at radius 1 is 1.32 bits per heavy atom. The molecule has 0 saturated carbocycles. The molecule has 0 spiro atoms. The van der Waals surface area contributed by atoms with E-state index in [1.807, 2.05) is 42.7 Å². The Morgan fingerprint density at radius 3 is 2.92 bits per heavy atom. The molecule has 1 aliphatic heterocycles. The molecule has 0 bridgehead atoms. The minimum Gasteiger partial charge on any atom is -0.379 e. The topological polar surface area (TPSA) is 69.8 Å². The lowest BCUT2D eigenvalue weighted by Gasteiger charge is -2.06. The van der Waals surface area contributed by atoms with Gasteiger partial charge in [-0.1, -0.05) is 11.3 Å². The zero-order valence-electron chi connectivity index (χ0n) is 14.7. The predicted molar refractivity (Wildman–Crippen MR) is 97.8 cm³/mol. The largest absolute Gasteiger partial charge is 0.379 e. The Labute approximate surface area is 150 Å². The number of ether oxygens (including phenoxy) is 1. The molecule has 7 nitrogen and oxygen atoms in total. The molecule has 1 fully saturated rings. The predicted octanol–water partition coefficient (Wildman–Crippen LogP) is 2.93. The van der Waals surface area contributed by atoms with E-state index in [4.69, 9.17) is 9.84 Å². The summed E-state index contributed by atoms with van der Waals surface area (Å²) in [7, 11) is 1.94. The van der Waals surface area contributed by atoms with Gasteiger partial charge in [0.15, 0.2) is 5.13 Å². The zero-order chi connectivity index (χ0) is 17.4. The van der Waals surface area contributed by atoms with Gasteiger partial charge in [0.1, 0.15) is 5.69 Å². The molecular weight excluding hydrogens is 336 g/mol. The molecule has 1 saturated heterocycles. The van der Waals surface area contributed by atoms with E-state index in [2.05, 4.69) is 21.5 Å². The van der Waals surface area contributed by atoms with Crippen molar-refractivity contribution in [2.75, 3.05) is 18.5 Å². The van der Waals surface area contributed by atoms with E-state index in [9.17, 15) is 0 Å². The van der Waals surface area contributed by atoms with Crippen LogP contribution in [0.4, 0.5) is 5.13 Å². The molecule has 0 radical (unpaired) electrons. The number of hydrogen-bond acceptors (Lipinski definition) is 6. The van der Waals surface area contributed by atoms with Crippen LogP contribution in [0.5, 0.6) is 0 Å². The van der Waals surface area contributed by atoms with E-state index in [1.165, 1.54) is 5.56 Å². The highest BCUT2D eigenvalue weighted by Crippen LogP contribution is 2.32. The number of nitrogens with one attached hydrogen (secondary N) is 1. The Hall–Kier alpha value is -2.19. The number of aryl methyl sites for hydroxylation is 3. The molecule has 1 aliphatic rings. The maximum atomic E-state index is 5.45. The van der Waals surface area contributed by atoms with Crippen molar-refractivity contribution in [3.05, 3.63) is 35.4 Å². The first-order valence-corrected chi connectivity index (χ1v) is 9.25. The van der Waals surface area contributed by atoms with Gasteiger partial charge in [0.05, 0.1) is 28.9 Å². The van der Waals surface area contributed by atoms with Crippen molar-refractivity contribution in [1.29, 1.82) is 0 Å². The second kappa shape index (κ2) is 6.61. The highest BCUT2D eigenvalue weighted by atomic mass is 32.1. The van der Waals surface area contributed by atoms with Crippen LogP contribution in [0, 0.1) is 13.8 Å². The fraction of sp³-hybridized carbons (Fsp3) is 0.471. The van der Waals surface area contributed by atoms with Crippen molar-refractivity contribution in [3.8, 4) is 10.6 Å². The van der Waals surface area contributed by atoms with Crippen molar-refractivity contribution in [2.24, 2.45) is 7.05 Å². The van der Waals surface area contributed by atoms with E-state index >= 15 is 0 Å². The fourth-order valence-electron chi connectivity index (χ4n) is 3.10. The minimum atomic E-state index is 0.355. The fourth-order valence-corrected chi connectivity index (χ4v) is 4.02. The minimum absolute atomic E-state index is 0.355. The third-order valence-corrected chi connectivity index (χ3v) is 5.60. The first-order chi connectivity index (χ1) is 12.1. The monoisotopic (exact) mass is 358 g/mol. The number of rotatable bonds is 5. The zero-order valence-corrected chi connectivity index (χ0v) is 15.5. The summed E-state index contributed by atoms with van der Waals surface area (Å²) in [5.41, 5.74) is 4.21. The van der Waals surface area contributed by atoms with Crippen LogP contribution in [0.25, 0.3) is 10.6 Å². The third kappa shape index (κ3) is 3.32. The Balaban J connectivity index is 1.49. The summed E-state index contributed by atoms with van der Waals surface area (Å²) >= 11 is 1.64. The third-order valence-electron chi connectivity index (χ3n) is 4.46. The lowest BCUT2D eigenvalue weighted by molar-refractivity contribution is 0.184. The molecule has 1 atom stereocenters. The molecule has 132 valence electrons. The average Bonchev–Trinajstić information content (AvgIpc) is 3.32. The molecule has 0 aromatic carbocycles. The van der Waals surface area contributed by atoms with E-state index in [1.54, 1.807) is 11.3 Å². The summed E-state index contributed by atoms with van der Waals surface area (Å²) in [5.74, 6) is 0. The van der Waals surface area contributed by atoms with Gasteiger partial charge in [0.2, 0.25) is 0 Å². The van der Waals surface area contributed by atoms with Crippen molar-refractivity contribution in [1.82, 2.24) is 24.5 Å². The van der Waals surface area contributed by atoms with Gasteiger partial charge in [-0.15, -0.1) is 0 Å². The summed E-state index contributed by atoms with van der Waals surface area (Å²) in [6.45, 7) is 6.35. The van der Waals surface area contributed by atoms with Crippen LogP contribution < -0.4 is 5.32 Å². The molecule has 8 heteroatoms. The van der Waals surface area contributed by atoms with Gasteiger partial charge in [-0.2, -0.15) is 10.2 Å². The summed E-state index contributed by atoms with van der Waals surface area (Å²) in [6.07, 6.45) is 5.11. The van der Waals surface area contributed by atoms with Crippen LogP contribution in [0.2, 0.25) is 0 Å². The van der Waals surface area contributed by atoms with Gasteiger partial charge in [-0.3, -0.25) is 9.36 Å². The molecule has 4 heterocycles. The van der Waals surface area contributed by atoms with E-state index < -0.39 is 0 Å². The summed E-state index contributed by atoms with van der Waals surface area (Å²) in [5, 5.41) is 13.4. The highest BCUT2D eigenvalue weighted by molar-refractivity contribution is 7.19. The van der Waals surface area contributed by atoms with Crippen LogP contribution in [0.3, 0.4) is 0 Å². The summed E-state index contributed by atoms with van der Waals surface area (Å²) < 4.78 is 9.31.